The minimum Gasteiger partial charge on any atom is -0.396 e. The van der Waals surface area contributed by atoms with Gasteiger partial charge in [-0.15, -0.1) is 0 Å². The van der Waals surface area contributed by atoms with Gasteiger partial charge in [0.15, 0.2) is 0 Å². The zero-order chi connectivity index (χ0) is 14.8. The first-order valence-electron chi connectivity index (χ1n) is 6.87. The van der Waals surface area contributed by atoms with Gasteiger partial charge >= 0.3 is 0 Å². The molecule has 1 aromatic rings. The number of anilines is 1. The second kappa shape index (κ2) is 5.69. The molecule has 1 aliphatic rings. The van der Waals surface area contributed by atoms with E-state index in [0.29, 0.717) is 6.54 Å². The summed E-state index contributed by atoms with van der Waals surface area (Å²) in [6.45, 7) is 2.51. The third-order valence-electron chi connectivity index (χ3n) is 4.03. The molecular formula is C14H21FN2O2S. The van der Waals surface area contributed by atoms with E-state index in [2.05, 4.69) is 11.6 Å². The van der Waals surface area contributed by atoms with Gasteiger partial charge in [0.25, 0.3) is 0 Å². The van der Waals surface area contributed by atoms with Crippen molar-refractivity contribution in [2.24, 2.45) is 5.41 Å². The number of nitrogens with one attached hydrogen (secondary N) is 1. The highest BCUT2D eigenvalue weighted by molar-refractivity contribution is 7.89. The number of nitrogens with two attached hydrogens (primary N) is 1. The maximum absolute atomic E-state index is 13.1. The van der Waals surface area contributed by atoms with Gasteiger partial charge in [-0.3, -0.25) is 0 Å². The summed E-state index contributed by atoms with van der Waals surface area (Å²) in [4.78, 5) is 0.0100. The fourth-order valence-corrected chi connectivity index (χ4v) is 3.86. The molecule has 112 valence electrons. The van der Waals surface area contributed by atoms with Gasteiger partial charge in [0, 0.05) is 6.54 Å². The van der Waals surface area contributed by atoms with E-state index in [-0.39, 0.29) is 16.0 Å². The first-order valence-corrected chi connectivity index (χ1v) is 8.35. The van der Waals surface area contributed by atoms with Crippen molar-refractivity contribution in [3.05, 3.63) is 24.0 Å². The Kier molecular flexibility index (Phi) is 4.34. The Hall–Kier alpha value is -1.14. The molecular weight excluding hydrogens is 279 g/mol. The topological polar surface area (TPSA) is 72.2 Å². The fraction of sp³-hybridized carbons (Fsp3) is 0.571. The Labute approximate surface area is 119 Å². The maximum atomic E-state index is 13.1. The molecule has 20 heavy (non-hydrogen) atoms. The van der Waals surface area contributed by atoms with Gasteiger partial charge in [-0.25, -0.2) is 17.5 Å². The Morgan fingerprint density at radius 3 is 2.55 bits per heavy atom. The van der Waals surface area contributed by atoms with Gasteiger partial charge < -0.3 is 5.73 Å². The van der Waals surface area contributed by atoms with Gasteiger partial charge in [0.05, 0.1) is 10.6 Å². The minimum absolute atomic E-state index is 0.0100. The Balaban J connectivity index is 2.09. The molecule has 0 unspecified atom stereocenters. The Bertz CT molecular complexity index is 581. The zero-order valence-electron chi connectivity index (χ0n) is 11.7. The first-order chi connectivity index (χ1) is 9.32. The van der Waals surface area contributed by atoms with Crippen LogP contribution in [-0.4, -0.2) is 15.0 Å². The summed E-state index contributed by atoms with van der Waals surface area (Å²) in [7, 11) is -3.63. The summed E-state index contributed by atoms with van der Waals surface area (Å²) >= 11 is 0. The average molecular weight is 300 g/mol. The van der Waals surface area contributed by atoms with Crippen LogP contribution in [0.4, 0.5) is 10.1 Å². The maximum Gasteiger partial charge on any atom is 0.240 e. The summed E-state index contributed by atoms with van der Waals surface area (Å²) in [6, 6.07) is 3.46. The number of hydrogen-bond acceptors (Lipinski definition) is 3. The van der Waals surface area contributed by atoms with Crippen LogP contribution in [0.25, 0.3) is 0 Å². The van der Waals surface area contributed by atoms with Crippen molar-refractivity contribution in [3.63, 3.8) is 0 Å². The van der Waals surface area contributed by atoms with Crippen LogP contribution in [0.2, 0.25) is 0 Å². The number of halogens is 1. The van der Waals surface area contributed by atoms with Crippen LogP contribution in [0.3, 0.4) is 0 Å². The molecule has 2 rings (SSSR count). The van der Waals surface area contributed by atoms with Crippen LogP contribution in [0, 0.1) is 11.2 Å². The van der Waals surface area contributed by atoms with Crippen LogP contribution in [-0.2, 0) is 10.0 Å². The first kappa shape index (κ1) is 15.3. The van der Waals surface area contributed by atoms with Crippen molar-refractivity contribution >= 4 is 15.7 Å². The molecule has 0 radical (unpaired) electrons. The van der Waals surface area contributed by atoms with E-state index in [4.69, 9.17) is 5.73 Å². The second-order valence-corrected chi connectivity index (χ2v) is 7.65. The van der Waals surface area contributed by atoms with Crippen LogP contribution in [0.15, 0.2) is 23.1 Å². The molecule has 1 saturated carbocycles. The SMILES string of the molecule is CC1(CNS(=O)(=O)c2ccc(F)c(N)c2)CCCCC1. The molecule has 6 heteroatoms. The molecule has 0 spiro atoms. The molecule has 1 aliphatic carbocycles. The highest BCUT2D eigenvalue weighted by atomic mass is 32.2. The molecule has 1 aromatic carbocycles. The smallest absolute Gasteiger partial charge is 0.240 e. The lowest BCUT2D eigenvalue weighted by Crippen LogP contribution is -2.37. The minimum atomic E-state index is -3.63. The monoisotopic (exact) mass is 300 g/mol. The summed E-state index contributed by atoms with van der Waals surface area (Å²) in [6.07, 6.45) is 5.56. The van der Waals surface area contributed by atoms with E-state index in [0.717, 1.165) is 37.8 Å². The van der Waals surface area contributed by atoms with Gasteiger partial charge in [0.1, 0.15) is 5.82 Å². The molecule has 0 aromatic heterocycles. The van der Waals surface area contributed by atoms with Gasteiger partial charge in [0.2, 0.25) is 10.0 Å². The molecule has 0 bridgehead atoms. The van der Waals surface area contributed by atoms with E-state index < -0.39 is 15.8 Å². The van der Waals surface area contributed by atoms with Crippen LogP contribution >= 0.6 is 0 Å². The van der Waals surface area contributed by atoms with Crippen molar-refractivity contribution in [1.29, 1.82) is 0 Å². The quantitative estimate of drug-likeness (QED) is 0.840. The average Bonchev–Trinajstić information content (AvgIpc) is 2.41. The lowest BCUT2D eigenvalue weighted by Gasteiger charge is -2.33. The third kappa shape index (κ3) is 3.49. The van der Waals surface area contributed by atoms with Crippen LogP contribution < -0.4 is 10.5 Å². The van der Waals surface area contributed by atoms with Gasteiger partial charge in [-0.2, -0.15) is 0 Å². The molecule has 0 amide bonds. The number of sulfonamides is 1. The molecule has 0 aliphatic heterocycles. The van der Waals surface area contributed by atoms with Crippen molar-refractivity contribution < 1.29 is 12.8 Å². The normalized spacial score (nSPS) is 18.9. The molecule has 0 heterocycles. The molecule has 1 fully saturated rings. The molecule has 0 atom stereocenters. The summed E-state index contributed by atoms with van der Waals surface area (Å²) in [5, 5.41) is 0. The standard InChI is InChI=1S/C14H21FN2O2S/c1-14(7-3-2-4-8-14)10-17-20(18,19)11-5-6-12(15)13(16)9-11/h5-6,9,17H,2-4,7-8,10,16H2,1H3. The highest BCUT2D eigenvalue weighted by Crippen LogP contribution is 2.35. The van der Waals surface area contributed by atoms with Crippen molar-refractivity contribution in [1.82, 2.24) is 4.72 Å². The summed E-state index contributed by atoms with van der Waals surface area (Å²) < 4.78 is 40.1. The lowest BCUT2D eigenvalue weighted by atomic mass is 9.76. The third-order valence-corrected chi connectivity index (χ3v) is 5.43. The summed E-state index contributed by atoms with van der Waals surface area (Å²) in [5.41, 5.74) is 5.27. The molecule has 4 nitrogen and oxygen atoms in total. The largest absolute Gasteiger partial charge is 0.396 e. The van der Waals surface area contributed by atoms with Crippen LogP contribution in [0.1, 0.15) is 39.0 Å². The van der Waals surface area contributed by atoms with Crippen molar-refractivity contribution in [2.75, 3.05) is 12.3 Å². The lowest BCUT2D eigenvalue weighted by molar-refractivity contribution is 0.219. The number of nitrogen functional groups attached to an aromatic ring is 1. The van der Waals surface area contributed by atoms with E-state index in [1.54, 1.807) is 0 Å². The number of benzene rings is 1. The van der Waals surface area contributed by atoms with E-state index in [9.17, 15) is 12.8 Å². The second-order valence-electron chi connectivity index (χ2n) is 5.88. The number of rotatable bonds is 4. The zero-order valence-corrected chi connectivity index (χ0v) is 12.5. The predicted molar refractivity (Wildman–Crippen MR) is 77.2 cm³/mol. The molecule has 3 N–H and O–H groups in total. The highest BCUT2D eigenvalue weighted by Gasteiger charge is 2.28. The Morgan fingerprint density at radius 2 is 1.95 bits per heavy atom. The van der Waals surface area contributed by atoms with E-state index in [1.807, 2.05) is 0 Å². The van der Waals surface area contributed by atoms with Gasteiger partial charge in [-0.1, -0.05) is 26.2 Å². The van der Waals surface area contributed by atoms with E-state index in [1.165, 1.54) is 12.5 Å². The summed E-state index contributed by atoms with van der Waals surface area (Å²) in [5.74, 6) is -0.608. The Morgan fingerprint density at radius 1 is 1.30 bits per heavy atom. The number of hydrogen-bond donors (Lipinski definition) is 2. The van der Waals surface area contributed by atoms with Crippen LogP contribution in [0.5, 0.6) is 0 Å². The van der Waals surface area contributed by atoms with E-state index >= 15 is 0 Å². The van der Waals surface area contributed by atoms with Gasteiger partial charge in [-0.05, 0) is 36.5 Å². The van der Waals surface area contributed by atoms with Crippen molar-refractivity contribution in [3.8, 4) is 0 Å². The molecule has 0 saturated heterocycles. The fourth-order valence-electron chi connectivity index (χ4n) is 2.62. The van der Waals surface area contributed by atoms with Crippen molar-refractivity contribution in [2.45, 2.75) is 43.9 Å². The predicted octanol–water partition coefficient (Wildman–Crippen LogP) is 2.66.